The highest BCUT2D eigenvalue weighted by Gasteiger charge is 2.45. The lowest BCUT2D eigenvalue weighted by Crippen LogP contribution is -2.36. The van der Waals surface area contributed by atoms with E-state index < -0.39 is 11.4 Å². The monoisotopic (exact) mass is 348 g/mol. The minimum atomic E-state index is -0.965. The van der Waals surface area contributed by atoms with Gasteiger partial charge < -0.3 is 5.11 Å². The number of hydrogen-bond acceptors (Lipinski definition) is 1. The predicted octanol–water partition coefficient (Wildman–Crippen LogP) is 4.10. The molecule has 1 aliphatic carbocycles. The van der Waals surface area contributed by atoms with Crippen LogP contribution in [0, 0.1) is 5.82 Å². The molecule has 2 nitrogen and oxygen atoms in total. The van der Waals surface area contributed by atoms with Gasteiger partial charge in [-0.05, 0) is 57.9 Å². The van der Waals surface area contributed by atoms with E-state index in [2.05, 4.69) is 15.9 Å². The Hall–Kier alpha value is -1.68. The quantitative estimate of drug-likeness (QED) is 0.906. The molecule has 0 fully saturated rings. The first kappa shape index (κ1) is 14.3. The zero-order valence-electron chi connectivity index (χ0n) is 11.3. The fourth-order valence-electron chi connectivity index (χ4n) is 3.18. The summed E-state index contributed by atoms with van der Waals surface area (Å²) in [6, 6.07) is 12.4. The third kappa shape index (κ3) is 2.27. The Morgan fingerprint density at radius 2 is 2.00 bits per heavy atom. The summed E-state index contributed by atoms with van der Waals surface area (Å²) in [4.78, 5) is 12.0. The van der Waals surface area contributed by atoms with Crippen molar-refractivity contribution in [2.24, 2.45) is 0 Å². The van der Waals surface area contributed by atoms with Gasteiger partial charge in [-0.2, -0.15) is 0 Å². The number of carboxylic acid groups (broad SMARTS) is 1. The van der Waals surface area contributed by atoms with Gasteiger partial charge in [-0.3, -0.25) is 4.79 Å². The van der Waals surface area contributed by atoms with Crippen molar-refractivity contribution in [2.45, 2.75) is 24.7 Å². The molecule has 0 bridgehead atoms. The van der Waals surface area contributed by atoms with Crippen molar-refractivity contribution in [1.29, 1.82) is 0 Å². The highest BCUT2D eigenvalue weighted by molar-refractivity contribution is 9.10. The third-order valence-corrected chi connectivity index (χ3v) is 5.18. The molecular weight excluding hydrogens is 335 g/mol. The van der Waals surface area contributed by atoms with Gasteiger partial charge in [0.25, 0.3) is 0 Å². The first-order valence-corrected chi connectivity index (χ1v) is 7.58. The summed E-state index contributed by atoms with van der Waals surface area (Å²) in [6.07, 6.45) is 1.58. The fourth-order valence-corrected chi connectivity index (χ4v) is 3.58. The Kier molecular flexibility index (Phi) is 3.57. The van der Waals surface area contributed by atoms with Crippen LogP contribution in [0.1, 0.15) is 23.1 Å². The van der Waals surface area contributed by atoms with Gasteiger partial charge in [0, 0.05) is 0 Å². The minimum Gasteiger partial charge on any atom is -0.481 e. The highest BCUT2D eigenvalue weighted by Crippen LogP contribution is 2.42. The Morgan fingerprint density at radius 1 is 1.24 bits per heavy atom. The summed E-state index contributed by atoms with van der Waals surface area (Å²) in [5.41, 5.74) is 1.66. The lowest BCUT2D eigenvalue weighted by molar-refractivity contribution is -0.143. The normalized spacial score (nSPS) is 20.3. The van der Waals surface area contributed by atoms with Gasteiger partial charge in [-0.15, -0.1) is 0 Å². The summed E-state index contributed by atoms with van der Waals surface area (Å²) >= 11 is 3.23. The molecule has 1 aliphatic rings. The molecule has 2 aromatic carbocycles. The molecule has 0 aliphatic heterocycles. The maximum atomic E-state index is 13.7. The Labute approximate surface area is 130 Å². The van der Waals surface area contributed by atoms with Gasteiger partial charge in [0.15, 0.2) is 0 Å². The molecule has 1 N–H and O–H groups in total. The van der Waals surface area contributed by atoms with E-state index in [1.54, 1.807) is 12.1 Å². The topological polar surface area (TPSA) is 37.3 Å². The van der Waals surface area contributed by atoms with E-state index >= 15 is 0 Å². The largest absolute Gasteiger partial charge is 0.481 e. The number of halogens is 2. The van der Waals surface area contributed by atoms with Gasteiger partial charge in [0.05, 0.1) is 9.89 Å². The van der Waals surface area contributed by atoms with Crippen LogP contribution in [0.15, 0.2) is 46.9 Å². The molecule has 0 radical (unpaired) electrons. The van der Waals surface area contributed by atoms with E-state index in [0.717, 1.165) is 17.5 Å². The van der Waals surface area contributed by atoms with E-state index in [-0.39, 0.29) is 12.2 Å². The lowest BCUT2D eigenvalue weighted by Gasteiger charge is -2.26. The first-order valence-electron chi connectivity index (χ1n) is 6.79. The molecule has 4 heteroatoms. The van der Waals surface area contributed by atoms with Crippen molar-refractivity contribution in [3.8, 4) is 0 Å². The molecular formula is C17H14BrFO2. The Morgan fingerprint density at radius 3 is 2.76 bits per heavy atom. The number of hydrogen-bond donors (Lipinski definition) is 1. The van der Waals surface area contributed by atoms with Crippen LogP contribution in [0.25, 0.3) is 0 Å². The second-order valence-electron chi connectivity index (χ2n) is 5.43. The van der Waals surface area contributed by atoms with Crippen LogP contribution in [0.4, 0.5) is 4.39 Å². The van der Waals surface area contributed by atoms with Gasteiger partial charge in [0.2, 0.25) is 0 Å². The molecule has 0 saturated carbocycles. The molecule has 2 aromatic rings. The van der Waals surface area contributed by atoms with Crippen LogP contribution < -0.4 is 0 Å². The number of rotatable bonds is 3. The van der Waals surface area contributed by atoms with E-state index in [4.69, 9.17) is 0 Å². The predicted molar refractivity (Wildman–Crippen MR) is 81.9 cm³/mol. The Balaban J connectivity index is 2.09. The standard InChI is InChI=1S/C17H14BrFO2/c18-15-12(5-3-7-14(15)19)10-17(16(20)21)9-8-11-4-1-2-6-13(11)17/h1-7H,8-10H2,(H,20,21). The van der Waals surface area contributed by atoms with Gasteiger partial charge in [0.1, 0.15) is 5.82 Å². The van der Waals surface area contributed by atoms with Crippen LogP contribution >= 0.6 is 15.9 Å². The van der Waals surface area contributed by atoms with Crippen molar-refractivity contribution in [1.82, 2.24) is 0 Å². The van der Waals surface area contributed by atoms with E-state index in [1.165, 1.54) is 6.07 Å². The molecule has 1 atom stereocenters. The zero-order chi connectivity index (χ0) is 15.0. The average molecular weight is 349 g/mol. The summed E-state index contributed by atoms with van der Waals surface area (Å²) in [7, 11) is 0. The zero-order valence-corrected chi connectivity index (χ0v) is 12.9. The van der Waals surface area contributed by atoms with Crippen molar-refractivity contribution in [2.75, 3.05) is 0 Å². The number of fused-ring (bicyclic) bond motifs is 1. The number of benzene rings is 2. The molecule has 21 heavy (non-hydrogen) atoms. The number of aliphatic carboxylic acids is 1. The molecule has 0 aromatic heterocycles. The second-order valence-corrected chi connectivity index (χ2v) is 6.23. The summed E-state index contributed by atoms with van der Waals surface area (Å²) in [6.45, 7) is 0. The molecule has 0 saturated heterocycles. The van der Waals surface area contributed by atoms with Crippen LogP contribution in [0.2, 0.25) is 0 Å². The molecule has 0 heterocycles. The van der Waals surface area contributed by atoms with Crippen LogP contribution in [0.3, 0.4) is 0 Å². The highest BCUT2D eigenvalue weighted by atomic mass is 79.9. The summed E-state index contributed by atoms with van der Waals surface area (Å²) < 4.78 is 14.0. The lowest BCUT2D eigenvalue weighted by atomic mass is 9.76. The van der Waals surface area contributed by atoms with E-state index in [1.807, 2.05) is 24.3 Å². The van der Waals surface area contributed by atoms with Crippen molar-refractivity contribution >= 4 is 21.9 Å². The molecule has 0 spiro atoms. The third-order valence-electron chi connectivity index (χ3n) is 4.29. The molecule has 0 amide bonds. The SMILES string of the molecule is O=C(O)C1(Cc2cccc(F)c2Br)CCc2ccccc21. The van der Waals surface area contributed by atoms with E-state index in [0.29, 0.717) is 16.5 Å². The maximum Gasteiger partial charge on any atom is 0.314 e. The number of carbonyl (C=O) groups is 1. The summed E-state index contributed by atoms with van der Waals surface area (Å²) in [5.74, 6) is -1.21. The number of aryl methyl sites for hydroxylation is 1. The van der Waals surface area contributed by atoms with Crippen molar-refractivity contribution < 1.29 is 14.3 Å². The van der Waals surface area contributed by atoms with Crippen LogP contribution in [-0.4, -0.2) is 11.1 Å². The van der Waals surface area contributed by atoms with Crippen molar-refractivity contribution in [3.05, 3.63) is 69.4 Å². The average Bonchev–Trinajstić information content (AvgIpc) is 2.84. The summed E-state index contributed by atoms with van der Waals surface area (Å²) in [5, 5.41) is 9.82. The molecule has 108 valence electrons. The van der Waals surface area contributed by atoms with Crippen LogP contribution in [0.5, 0.6) is 0 Å². The van der Waals surface area contributed by atoms with Crippen molar-refractivity contribution in [3.63, 3.8) is 0 Å². The molecule has 3 rings (SSSR count). The maximum absolute atomic E-state index is 13.7. The van der Waals surface area contributed by atoms with E-state index in [9.17, 15) is 14.3 Å². The first-order chi connectivity index (χ1) is 10.0. The minimum absolute atomic E-state index is 0.289. The van der Waals surface area contributed by atoms with Crippen LogP contribution in [-0.2, 0) is 23.1 Å². The number of carboxylic acids is 1. The molecule has 1 unspecified atom stereocenters. The smallest absolute Gasteiger partial charge is 0.314 e. The Bertz CT molecular complexity index is 714. The second kappa shape index (κ2) is 5.26. The van der Waals surface area contributed by atoms with Gasteiger partial charge in [-0.1, -0.05) is 36.4 Å². The van der Waals surface area contributed by atoms with Gasteiger partial charge in [-0.25, -0.2) is 4.39 Å². The fraction of sp³-hybridized carbons (Fsp3) is 0.235. The van der Waals surface area contributed by atoms with Gasteiger partial charge >= 0.3 is 5.97 Å².